The van der Waals surface area contributed by atoms with Gasteiger partial charge in [-0.3, -0.25) is 0 Å². The normalized spacial score (nSPS) is 10.6. The van der Waals surface area contributed by atoms with Crippen LogP contribution in [-0.2, 0) is 12.3 Å². The first-order valence-electron chi connectivity index (χ1n) is 5.90. The summed E-state index contributed by atoms with van der Waals surface area (Å²) in [4.78, 5) is 0.746. The van der Waals surface area contributed by atoms with Gasteiger partial charge < -0.3 is 5.32 Å². The molecule has 94 valence electrons. The summed E-state index contributed by atoms with van der Waals surface area (Å²) >= 11 is 1.55. The molecule has 1 nitrogen and oxygen atoms in total. The van der Waals surface area contributed by atoms with Crippen LogP contribution in [0.4, 0.5) is 4.39 Å². The maximum atomic E-state index is 13.8. The Morgan fingerprint density at radius 1 is 1.06 bits per heavy atom. The Kier molecular flexibility index (Phi) is 4.79. The summed E-state index contributed by atoms with van der Waals surface area (Å²) < 4.78 is 13.8. The number of benzene rings is 2. The first-order chi connectivity index (χ1) is 8.81. The van der Waals surface area contributed by atoms with Gasteiger partial charge in [0.15, 0.2) is 0 Å². The number of hydrogen-bond acceptors (Lipinski definition) is 2. The maximum absolute atomic E-state index is 13.8. The fourth-order valence-electron chi connectivity index (χ4n) is 1.77. The fourth-order valence-corrected chi connectivity index (χ4v) is 2.81. The smallest absolute Gasteiger partial charge is 0.137 e. The number of hydrogen-bond donors (Lipinski definition) is 1. The van der Waals surface area contributed by atoms with Gasteiger partial charge in [-0.05, 0) is 24.2 Å². The number of thioether (sulfide) groups is 1. The van der Waals surface area contributed by atoms with Crippen molar-refractivity contribution in [3.63, 3.8) is 0 Å². The van der Waals surface area contributed by atoms with Crippen LogP contribution in [0.5, 0.6) is 0 Å². The molecular weight excluding hydrogens is 245 g/mol. The molecule has 2 aromatic rings. The van der Waals surface area contributed by atoms with Crippen molar-refractivity contribution in [2.75, 3.05) is 7.05 Å². The molecule has 3 heteroatoms. The lowest BCUT2D eigenvalue weighted by molar-refractivity contribution is 0.594. The molecule has 0 saturated heterocycles. The standard InChI is InChI=1S/C15H16FNS/c1-17-10-13-8-5-9-14(16)15(13)18-11-12-6-3-2-4-7-12/h2-9,17H,10-11H2,1H3. The molecule has 2 aromatic carbocycles. The Morgan fingerprint density at radius 2 is 1.83 bits per heavy atom. The van der Waals surface area contributed by atoms with Gasteiger partial charge in [-0.1, -0.05) is 42.5 Å². The molecule has 0 heterocycles. The summed E-state index contributed by atoms with van der Waals surface area (Å²) in [5, 5.41) is 3.07. The molecule has 0 aliphatic carbocycles. The molecule has 0 aromatic heterocycles. The lowest BCUT2D eigenvalue weighted by Crippen LogP contribution is -2.07. The predicted molar refractivity (Wildman–Crippen MR) is 75.2 cm³/mol. The highest BCUT2D eigenvalue weighted by Gasteiger charge is 2.08. The molecule has 0 atom stereocenters. The molecule has 0 fully saturated rings. The lowest BCUT2D eigenvalue weighted by atomic mass is 10.2. The van der Waals surface area contributed by atoms with Crippen LogP contribution in [0.3, 0.4) is 0 Å². The molecule has 2 rings (SSSR count). The van der Waals surface area contributed by atoms with Crippen LogP contribution in [0.2, 0.25) is 0 Å². The zero-order chi connectivity index (χ0) is 12.8. The summed E-state index contributed by atoms with van der Waals surface area (Å²) in [6.07, 6.45) is 0. The van der Waals surface area contributed by atoms with Crippen molar-refractivity contribution in [2.24, 2.45) is 0 Å². The van der Waals surface area contributed by atoms with Crippen molar-refractivity contribution >= 4 is 11.8 Å². The minimum Gasteiger partial charge on any atom is -0.316 e. The van der Waals surface area contributed by atoms with Gasteiger partial charge in [0.2, 0.25) is 0 Å². The van der Waals surface area contributed by atoms with Gasteiger partial charge in [-0.2, -0.15) is 0 Å². The van der Waals surface area contributed by atoms with Gasteiger partial charge in [0.1, 0.15) is 5.82 Å². The number of nitrogens with one attached hydrogen (secondary N) is 1. The van der Waals surface area contributed by atoms with E-state index >= 15 is 0 Å². The highest BCUT2D eigenvalue weighted by molar-refractivity contribution is 7.98. The van der Waals surface area contributed by atoms with Gasteiger partial charge >= 0.3 is 0 Å². The maximum Gasteiger partial charge on any atom is 0.137 e. The Balaban J connectivity index is 2.13. The SMILES string of the molecule is CNCc1cccc(F)c1SCc1ccccc1. The minimum absolute atomic E-state index is 0.135. The summed E-state index contributed by atoms with van der Waals surface area (Å²) in [5.74, 6) is 0.655. The first kappa shape index (κ1) is 13.1. The molecule has 1 N–H and O–H groups in total. The third-order valence-corrected chi connectivity index (χ3v) is 3.87. The highest BCUT2D eigenvalue weighted by atomic mass is 32.2. The summed E-state index contributed by atoms with van der Waals surface area (Å²) in [7, 11) is 1.87. The van der Waals surface area contributed by atoms with Crippen LogP contribution in [0, 0.1) is 5.82 Å². The third kappa shape index (κ3) is 3.34. The second-order valence-electron chi connectivity index (χ2n) is 4.03. The van der Waals surface area contributed by atoms with E-state index in [1.807, 2.05) is 31.3 Å². The largest absolute Gasteiger partial charge is 0.316 e. The highest BCUT2D eigenvalue weighted by Crippen LogP contribution is 2.29. The van der Waals surface area contributed by atoms with Crippen LogP contribution in [0.1, 0.15) is 11.1 Å². The second-order valence-corrected chi connectivity index (χ2v) is 5.02. The Labute approximate surface area is 111 Å². The third-order valence-electron chi connectivity index (χ3n) is 2.64. The Morgan fingerprint density at radius 3 is 2.56 bits per heavy atom. The number of rotatable bonds is 5. The molecule has 0 unspecified atom stereocenters. The molecule has 0 aliphatic heterocycles. The van der Waals surface area contributed by atoms with Gasteiger partial charge in [0.05, 0.1) is 0 Å². The molecule has 0 amide bonds. The van der Waals surface area contributed by atoms with Crippen molar-refractivity contribution < 1.29 is 4.39 Å². The van der Waals surface area contributed by atoms with Gasteiger partial charge in [0.25, 0.3) is 0 Å². The topological polar surface area (TPSA) is 12.0 Å². The zero-order valence-electron chi connectivity index (χ0n) is 10.3. The molecule has 0 spiro atoms. The minimum atomic E-state index is -0.135. The summed E-state index contributed by atoms with van der Waals surface area (Å²) in [6, 6.07) is 15.4. The lowest BCUT2D eigenvalue weighted by Gasteiger charge is -2.10. The second kappa shape index (κ2) is 6.57. The van der Waals surface area contributed by atoms with E-state index in [2.05, 4.69) is 17.4 Å². The van der Waals surface area contributed by atoms with Crippen LogP contribution in [0.25, 0.3) is 0 Å². The van der Waals surface area contributed by atoms with E-state index in [1.165, 1.54) is 11.6 Å². The zero-order valence-corrected chi connectivity index (χ0v) is 11.1. The van der Waals surface area contributed by atoms with E-state index in [0.29, 0.717) is 6.54 Å². The molecule has 18 heavy (non-hydrogen) atoms. The van der Waals surface area contributed by atoms with Crippen molar-refractivity contribution in [1.82, 2.24) is 5.32 Å². The summed E-state index contributed by atoms with van der Waals surface area (Å²) in [6.45, 7) is 0.689. The first-order valence-corrected chi connectivity index (χ1v) is 6.88. The Hall–Kier alpha value is -1.32. The monoisotopic (exact) mass is 261 g/mol. The van der Waals surface area contributed by atoms with Crippen LogP contribution >= 0.6 is 11.8 Å². The molecule has 0 bridgehead atoms. The van der Waals surface area contributed by atoms with E-state index in [4.69, 9.17) is 0 Å². The van der Waals surface area contributed by atoms with Gasteiger partial charge in [0, 0.05) is 17.2 Å². The van der Waals surface area contributed by atoms with Crippen LogP contribution in [0.15, 0.2) is 53.4 Å². The van der Waals surface area contributed by atoms with E-state index in [1.54, 1.807) is 17.8 Å². The molecule has 0 saturated carbocycles. The van der Waals surface area contributed by atoms with E-state index < -0.39 is 0 Å². The van der Waals surface area contributed by atoms with Crippen molar-refractivity contribution in [1.29, 1.82) is 0 Å². The average molecular weight is 261 g/mol. The van der Waals surface area contributed by atoms with Gasteiger partial charge in [-0.25, -0.2) is 4.39 Å². The average Bonchev–Trinajstić information content (AvgIpc) is 2.40. The molecule has 0 radical (unpaired) electrons. The van der Waals surface area contributed by atoms with E-state index in [0.717, 1.165) is 16.2 Å². The summed E-state index contributed by atoms with van der Waals surface area (Å²) in [5.41, 5.74) is 2.22. The van der Waals surface area contributed by atoms with Crippen LogP contribution in [-0.4, -0.2) is 7.05 Å². The van der Waals surface area contributed by atoms with Gasteiger partial charge in [-0.15, -0.1) is 11.8 Å². The van der Waals surface area contributed by atoms with E-state index in [9.17, 15) is 4.39 Å². The Bertz CT molecular complexity index is 499. The molecular formula is C15H16FNS. The fraction of sp³-hybridized carbons (Fsp3) is 0.200. The van der Waals surface area contributed by atoms with Crippen molar-refractivity contribution in [3.8, 4) is 0 Å². The van der Waals surface area contributed by atoms with E-state index in [-0.39, 0.29) is 5.82 Å². The predicted octanol–water partition coefficient (Wildman–Crippen LogP) is 3.84. The van der Waals surface area contributed by atoms with Crippen molar-refractivity contribution in [3.05, 3.63) is 65.5 Å². The molecule has 0 aliphatic rings. The van der Waals surface area contributed by atoms with Crippen LogP contribution < -0.4 is 5.32 Å². The number of halogens is 1. The van der Waals surface area contributed by atoms with Crippen molar-refractivity contribution in [2.45, 2.75) is 17.2 Å². The quantitative estimate of drug-likeness (QED) is 0.821.